The van der Waals surface area contributed by atoms with Crippen molar-refractivity contribution in [2.45, 2.75) is 13.3 Å². The average Bonchev–Trinajstić information content (AvgIpc) is 2.16. The summed E-state index contributed by atoms with van der Waals surface area (Å²) in [5, 5.41) is 8.63. The second-order valence-corrected chi connectivity index (χ2v) is 4.03. The smallest absolute Gasteiger partial charge is 0.303 e. The van der Waals surface area contributed by atoms with Gasteiger partial charge >= 0.3 is 5.97 Å². The fourth-order valence-corrected chi connectivity index (χ4v) is 1.69. The standard InChI is InChI=1S/C12H16FNO2/c1-9(7-12(15)16)8-14(2)11-6-4-3-5-10(11)13/h3-6,9H,7-8H2,1-2H3,(H,15,16). The summed E-state index contributed by atoms with van der Waals surface area (Å²) >= 11 is 0. The van der Waals surface area contributed by atoms with Crippen LogP contribution in [0.3, 0.4) is 0 Å². The van der Waals surface area contributed by atoms with Gasteiger partial charge in [0, 0.05) is 20.0 Å². The highest BCUT2D eigenvalue weighted by Crippen LogP contribution is 2.18. The average molecular weight is 225 g/mol. The van der Waals surface area contributed by atoms with Crippen LogP contribution in [0.5, 0.6) is 0 Å². The van der Waals surface area contributed by atoms with Gasteiger partial charge in [-0.05, 0) is 18.1 Å². The van der Waals surface area contributed by atoms with Crippen molar-refractivity contribution in [1.29, 1.82) is 0 Å². The fraction of sp³-hybridized carbons (Fsp3) is 0.417. The molecule has 1 N–H and O–H groups in total. The molecule has 1 aromatic carbocycles. The number of carboxylic acid groups (broad SMARTS) is 1. The lowest BCUT2D eigenvalue weighted by Gasteiger charge is -2.23. The Morgan fingerprint density at radius 1 is 1.50 bits per heavy atom. The van der Waals surface area contributed by atoms with Crippen LogP contribution in [-0.2, 0) is 4.79 Å². The molecule has 4 heteroatoms. The summed E-state index contributed by atoms with van der Waals surface area (Å²) in [6.45, 7) is 2.36. The molecular weight excluding hydrogens is 209 g/mol. The summed E-state index contributed by atoms with van der Waals surface area (Å²) in [4.78, 5) is 12.2. The largest absolute Gasteiger partial charge is 0.481 e. The van der Waals surface area contributed by atoms with Gasteiger partial charge in [0.1, 0.15) is 5.82 Å². The van der Waals surface area contributed by atoms with Gasteiger partial charge in [-0.2, -0.15) is 0 Å². The topological polar surface area (TPSA) is 40.5 Å². The minimum Gasteiger partial charge on any atom is -0.481 e. The molecule has 3 nitrogen and oxygen atoms in total. The molecule has 0 bridgehead atoms. The fourth-order valence-electron chi connectivity index (χ4n) is 1.69. The molecule has 0 fully saturated rings. The van der Waals surface area contributed by atoms with Crippen LogP contribution in [0.2, 0.25) is 0 Å². The van der Waals surface area contributed by atoms with E-state index >= 15 is 0 Å². The van der Waals surface area contributed by atoms with Crippen LogP contribution >= 0.6 is 0 Å². The number of para-hydroxylation sites is 1. The third-order valence-electron chi connectivity index (χ3n) is 2.37. The molecule has 0 aliphatic carbocycles. The first kappa shape index (κ1) is 12.5. The molecule has 0 saturated heterocycles. The Labute approximate surface area is 94.5 Å². The van der Waals surface area contributed by atoms with Crippen LogP contribution in [0, 0.1) is 11.7 Å². The van der Waals surface area contributed by atoms with Crippen molar-refractivity contribution in [2.75, 3.05) is 18.5 Å². The van der Waals surface area contributed by atoms with Gasteiger partial charge < -0.3 is 10.0 Å². The highest BCUT2D eigenvalue weighted by atomic mass is 19.1. The van der Waals surface area contributed by atoms with Crippen molar-refractivity contribution in [2.24, 2.45) is 5.92 Å². The maximum Gasteiger partial charge on any atom is 0.303 e. The Balaban J connectivity index is 2.62. The first-order valence-electron chi connectivity index (χ1n) is 5.18. The molecule has 1 atom stereocenters. The van der Waals surface area contributed by atoms with Crippen LogP contribution in [0.15, 0.2) is 24.3 Å². The van der Waals surface area contributed by atoms with Gasteiger partial charge in [0.05, 0.1) is 5.69 Å². The molecule has 1 aromatic rings. The van der Waals surface area contributed by atoms with E-state index in [9.17, 15) is 9.18 Å². The number of aliphatic carboxylic acids is 1. The Bertz CT molecular complexity index is 368. The van der Waals surface area contributed by atoms with Crippen molar-refractivity contribution in [3.63, 3.8) is 0 Å². The SMILES string of the molecule is CC(CC(=O)O)CN(C)c1ccccc1F. The van der Waals surface area contributed by atoms with E-state index < -0.39 is 5.97 Å². The normalized spacial score (nSPS) is 12.2. The van der Waals surface area contributed by atoms with E-state index in [-0.39, 0.29) is 18.2 Å². The number of carbonyl (C=O) groups is 1. The third-order valence-corrected chi connectivity index (χ3v) is 2.37. The highest BCUT2D eigenvalue weighted by Gasteiger charge is 2.12. The molecule has 0 heterocycles. The quantitative estimate of drug-likeness (QED) is 0.836. The number of benzene rings is 1. The molecule has 0 aliphatic rings. The second-order valence-electron chi connectivity index (χ2n) is 4.03. The van der Waals surface area contributed by atoms with E-state index in [2.05, 4.69) is 0 Å². The first-order chi connectivity index (χ1) is 7.50. The van der Waals surface area contributed by atoms with Crippen molar-refractivity contribution < 1.29 is 14.3 Å². The number of hydrogen-bond acceptors (Lipinski definition) is 2. The molecule has 88 valence electrons. The van der Waals surface area contributed by atoms with Gasteiger partial charge in [0.25, 0.3) is 0 Å². The Hall–Kier alpha value is -1.58. The van der Waals surface area contributed by atoms with E-state index in [1.54, 1.807) is 30.1 Å². The zero-order chi connectivity index (χ0) is 12.1. The van der Waals surface area contributed by atoms with E-state index in [1.165, 1.54) is 6.07 Å². The number of carboxylic acids is 1. The summed E-state index contributed by atoms with van der Waals surface area (Å²) in [6, 6.07) is 6.47. The molecular formula is C12H16FNO2. The van der Waals surface area contributed by atoms with Gasteiger partial charge in [-0.1, -0.05) is 19.1 Å². The van der Waals surface area contributed by atoms with Crippen molar-refractivity contribution in [3.05, 3.63) is 30.1 Å². The number of halogens is 1. The van der Waals surface area contributed by atoms with Crippen LogP contribution in [-0.4, -0.2) is 24.7 Å². The van der Waals surface area contributed by atoms with Gasteiger partial charge in [-0.3, -0.25) is 4.79 Å². The summed E-state index contributed by atoms with van der Waals surface area (Å²) in [5.74, 6) is -1.12. The molecule has 16 heavy (non-hydrogen) atoms. The first-order valence-corrected chi connectivity index (χ1v) is 5.18. The molecule has 0 saturated carbocycles. The van der Waals surface area contributed by atoms with E-state index in [0.717, 1.165) is 0 Å². The molecule has 0 radical (unpaired) electrons. The van der Waals surface area contributed by atoms with Gasteiger partial charge in [-0.25, -0.2) is 4.39 Å². The predicted octanol–water partition coefficient (Wildman–Crippen LogP) is 2.37. The summed E-state index contributed by atoms with van der Waals surface area (Å²) in [7, 11) is 1.76. The highest BCUT2D eigenvalue weighted by molar-refractivity contribution is 5.67. The number of rotatable bonds is 5. The maximum absolute atomic E-state index is 13.4. The van der Waals surface area contributed by atoms with E-state index in [0.29, 0.717) is 12.2 Å². The molecule has 0 aromatic heterocycles. The maximum atomic E-state index is 13.4. The molecule has 1 unspecified atom stereocenters. The zero-order valence-corrected chi connectivity index (χ0v) is 9.48. The van der Waals surface area contributed by atoms with Crippen LogP contribution < -0.4 is 4.90 Å². The number of nitrogens with zero attached hydrogens (tertiary/aromatic N) is 1. The van der Waals surface area contributed by atoms with Crippen LogP contribution in [0.1, 0.15) is 13.3 Å². The predicted molar refractivity (Wildman–Crippen MR) is 61.1 cm³/mol. The van der Waals surface area contributed by atoms with Gasteiger partial charge in [0.15, 0.2) is 0 Å². The second kappa shape index (κ2) is 5.49. The zero-order valence-electron chi connectivity index (χ0n) is 9.48. The number of hydrogen-bond donors (Lipinski definition) is 1. The third kappa shape index (κ3) is 3.53. The Morgan fingerprint density at radius 3 is 2.69 bits per heavy atom. The lowest BCUT2D eigenvalue weighted by atomic mass is 10.1. The molecule has 0 aliphatic heterocycles. The minimum atomic E-state index is -0.825. The van der Waals surface area contributed by atoms with Crippen LogP contribution in [0.25, 0.3) is 0 Å². The summed E-state index contributed by atoms with van der Waals surface area (Å²) < 4.78 is 13.4. The number of anilines is 1. The van der Waals surface area contributed by atoms with Crippen LogP contribution in [0.4, 0.5) is 10.1 Å². The summed E-state index contributed by atoms with van der Waals surface area (Å²) in [5.41, 5.74) is 0.500. The lowest BCUT2D eigenvalue weighted by molar-refractivity contribution is -0.137. The minimum absolute atomic E-state index is 0.0119. The molecule has 0 spiro atoms. The molecule has 0 amide bonds. The van der Waals surface area contributed by atoms with E-state index in [4.69, 9.17) is 5.11 Å². The molecule has 1 rings (SSSR count). The van der Waals surface area contributed by atoms with E-state index in [1.807, 2.05) is 6.92 Å². The van der Waals surface area contributed by atoms with Crippen molar-refractivity contribution in [3.8, 4) is 0 Å². The van der Waals surface area contributed by atoms with Crippen molar-refractivity contribution in [1.82, 2.24) is 0 Å². The van der Waals surface area contributed by atoms with Gasteiger partial charge in [0.2, 0.25) is 0 Å². The Kier molecular flexibility index (Phi) is 4.28. The van der Waals surface area contributed by atoms with Gasteiger partial charge in [-0.15, -0.1) is 0 Å². The Morgan fingerprint density at radius 2 is 2.12 bits per heavy atom. The monoisotopic (exact) mass is 225 g/mol. The van der Waals surface area contributed by atoms with Crippen molar-refractivity contribution >= 4 is 11.7 Å². The lowest BCUT2D eigenvalue weighted by Crippen LogP contribution is -2.26. The summed E-state index contributed by atoms with van der Waals surface area (Å²) in [6.07, 6.45) is 0.0960.